The van der Waals surface area contributed by atoms with Gasteiger partial charge in [0.05, 0.1) is 13.2 Å². The van der Waals surface area contributed by atoms with E-state index in [2.05, 4.69) is 0 Å². The van der Waals surface area contributed by atoms with E-state index in [0.29, 0.717) is 0 Å². The second kappa shape index (κ2) is 3.46. The first-order valence-electron chi connectivity index (χ1n) is 5.39. The van der Waals surface area contributed by atoms with Gasteiger partial charge in [-0.1, -0.05) is 0 Å². The highest BCUT2D eigenvalue weighted by Gasteiger charge is 2.72. The van der Waals surface area contributed by atoms with E-state index in [9.17, 15) is 4.79 Å². The lowest BCUT2D eigenvalue weighted by Gasteiger charge is -2.27. The van der Waals surface area contributed by atoms with Gasteiger partial charge in [-0.25, -0.2) is 4.79 Å². The number of ether oxygens (including phenoxy) is 3. The molecular weight excluding hydrogens is 196 g/mol. The van der Waals surface area contributed by atoms with E-state index < -0.39 is 5.60 Å². The van der Waals surface area contributed by atoms with E-state index in [1.165, 1.54) is 7.11 Å². The minimum atomic E-state index is -0.737. The van der Waals surface area contributed by atoms with E-state index in [1.54, 1.807) is 7.11 Å². The number of hydrogen-bond acceptors (Lipinski definition) is 4. The zero-order chi connectivity index (χ0) is 11.1. The van der Waals surface area contributed by atoms with Crippen LogP contribution in [0.2, 0.25) is 0 Å². The first-order valence-corrected chi connectivity index (χ1v) is 5.39. The smallest absolute Gasteiger partial charge is 0.340 e. The quantitative estimate of drug-likeness (QED) is 0.513. The number of carbonyl (C=O) groups excluding carboxylic acids is 1. The maximum Gasteiger partial charge on any atom is 0.340 e. The van der Waals surface area contributed by atoms with Crippen LogP contribution in [0.1, 0.15) is 32.6 Å². The number of hydrogen-bond donors (Lipinski definition) is 0. The van der Waals surface area contributed by atoms with Gasteiger partial charge in [0.1, 0.15) is 5.60 Å². The van der Waals surface area contributed by atoms with Gasteiger partial charge in [-0.2, -0.15) is 0 Å². The number of epoxide rings is 1. The summed E-state index contributed by atoms with van der Waals surface area (Å²) >= 11 is 0. The van der Waals surface area contributed by atoms with E-state index in [0.717, 1.165) is 25.7 Å². The molecule has 1 saturated carbocycles. The van der Waals surface area contributed by atoms with Crippen LogP contribution < -0.4 is 0 Å². The minimum Gasteiger partial charge on any atom is -0.467 e. The number of methoxy groups -OCH3 is 2. The Hall–Kier alpha value is -0.610. The number of rotatable bonds is 2. The first-order chi connectivity index (χ1) is 7.08. The van der Waals surface area contributed by atoms with Gasteiger partial charge < -0.3 is 14.2 Å². The molecule has 1 heterocycles. The summed E-state index contributed by atoms with van der Waals surface area (Å²) < 4.78 is 15.8. The van der Waals surface area contributed by atoms with Crippen LogP contribution in [0.4, 0.5) is 0 Å². The molecule has 2 rings (SSSR count). The lowest BCUT2D eigenvalue weighted by molar-refractivity contribution is -0.146. The van der Waals surface area contributed by atoms with Crippen molar-refractivity contribution in [3.8, 4) is 0 Å². The van der Waals surface area contributed by atoms with Crippen molar-refractivity contribution in [3.05, 3.63) is 0 Å². The molecule has 4 heteroatoms. The lowest BCUT2D eigenvalue weighted by Crippen LogP contribution is -2.38. The fourth-order valence-electron chi connectivity index (χ4n) is 2.70. The molecule has 3 unspecified atom stereocenters. The number of carbonyl (C=O) groups is 1. The zero-order valence-electron chi connectivity index (χ0n) is 9.54. The van der Waals surface area contributed by atoms with Crippen molar-refractivity contribution in [2.24, 2.45) is 0 Å². The van der Waals surface area contributed by atoms with Crippen LogP contribution in [0.15, 0.2) is 0 Å². The van der Waals surface area contributed by atoms with Crippen LogP contribution in [0.5, 0.6) is 0 Å². The Balaban J connectivity index is 2.08. The van der Waals surface area contributed by atoms with Gasteiger partial charge in [0, 0.05) is 13.5 Å². The molecule has 0 bridgehead atoms. The highest BCUT2D eigenvalue weighted by molar-refractivity contribution is 5.84. The van der Waals surface area contributed by atoms with Gasteiger partial charge in [-0.3, -0.25) is 0 Å². The highest BCUT2D eigenvalue weighted by Crippen LogP contribution is 2.57. The zero-order valence-corrected chi connectivity index (χ0v) is 9.54. The summed E-state index contributed by atoms with van der Waals surface area (Å²) in [5.41, 5.74) is -1.06. The molecule has 2 fully saturated rings. The van der Waals surface area contributed by atoms with Gasteiger partial charge in [0.15, 0.2) is 5.60 Å². The molecule has 1 aliphatic carbocycles. The number of esters is 1. The summed E-state index contributed by atoms with van der Waals surface area (Å²) in [6, 6.07) is 0. The molecule has 1 saturated heterocycles. The van der Waals surface area contributed by atoms with Gasteiger partial charge in [0.25, 0.3) is 0 Å². The second-order valence-corrected chi connectivity index (χ2v) is 4.58. The third-order valence-corrected chi connectivity index (χ3v) is 3.80. The molecule has 2 aliphatic rings. The van der Waals surface area contributed by atoms with Crippen molar-refractivity contribution < 1.29 is 19.0 Å². The molecule has 0 aromatic carbocycles. The van der Waals surface area contributed by atoms with Gasteiger partial charge in [0.2, 0.25) is 0 Å². The average molecular weight is 214 g/mol. The van der Waals surface area contributed by atoms with Gasteiger partial charge in [-0.15, -0.1) is 0 Å². The Labute approximate surface area is 89.9 Å². The molecule has 3 atom stereocenters. The SMILES string of the molecule is COC(=O)C1(C)OC12CCCC(OC)C2. The van der Waals surface area contributed by atoms with Crippen LogP contribution in [-0.4, -0.2) is 37.5 Å². The summed E-state index contributed by atoms with van der Waals surface area (Å²) in [4.78, 5) is 11.6. The second-order valence-electron chi connectivity index (χ2n) is 4.58. The van der Waals surface area contributed by atoms with Crippen molar-refractivity contribution >= 4 is 5.97 Å². The fourth-order valence-corrected chi connectivity index (χ4v) is 2.70. The van der Waals surface area contributed by atoms with Gasteiger partial charge >= 0.3 is 5.97 Å². The predicted octanol–water partition coefficient (Wildman–Crippen LogP) is 1.28. The monoisotopic (exact) mass is 214 g/mol. The maximum absolute atomic E-state index is 11.6. The Kier molecular flexibility index (Phi) is 2.51. The predicted molar refractivity (Wildman–Crippen MR) is 53.5 cm³/mol. The van der Waals surface area contributed by atoms with Crippen molar-refractivity contribution in [3.63, 3.8) is 0 Å². The molecule has 0 amide bonds. The Morgan fingerprint density at radius 2 is 2.20 bits per heavy atom. The van der Waals surface area contributed by atoms with Crippen LogP contribution >= 0.6 is 0 Å². The molecule has 15 heavy (non-hydrogen) atoms. The third kappa shape index (κ3) is 1.47. The molecule has 1 spiro atoms. The normalized spacial score (nSPS) is 44.1. The van der Waals surface area contributed by atoms with Crippen molar-refractivity contribution in [1.29, 1.82) is 0 Å². The van der Waals surface area contributed by atoms with Gasteiger partial charge in [-0.05, 0) is 26.2 Å². The molecule has 0 N–H and O–H groups in total. The standard InChI is InChI=1S/C11H18O4/c1-10(9(12)14-3)11(15-10)6-4-5-8(7-11)13-2/h8H,4-7H2,1-3H3. The summed E-state index contributed by atoms with van der Waals surface area (Å²) in [5.74, 6) is -0.265. The van der Waals surface area contributed by atoms with Crippen LogP contribution in [0, 0.1) is 0 Å². The van der Waals surface area contributed by atoms with E-state index in [1.807, 2.05) is 6.92 Å². The van der Waals surface area contributed by atoms with Crippen LogP contribution in [-0.2, 0) is 19.0 Å². The first kappa shape index (κ1) is 10.9. The van der Waals surface area contributed by atoms with Crippen LogP contribution in [0.25, 0.3) is 0 Å². The molecule has 0 radical (unpaired) electrons. The van der Waals surface area contributed by atoms with Crippen molar-refractivity contribution in [1.82, 2.24) is 0 Å². The third-order valence-electron chi connectivity index (χ3n) is 3.80. The molecular formula is C11H18O4. The Morgan fingerprint density at radius 1 is 1.47 bits per heavy atom. The van der Waals surface area contributed by atoms with E-state index >= 15 is 0 Å². The summed E-state index contributed by atoms with van der Waals surface area (Å²) in [6.07, 6.45) is 4.04. The average Bonchev–Trinajstić information content (AvgIpc) is 2.83. The van der Waals surface area contributed by atoms with Crippen molar-refractivity contribution in [2.75, 3.05) is 14.2 Å². The van der Waals surface area contributed by atoms with Crippen molar-refractivity contribution in [2.45, 2.75) is 49.9 Å². The highest BCUT2D eigenvalue weighted by atomic mass is 16.7. The Morgan fingerprint density at radius 3 is 2.80 bits per heavy atom. The molecule has 1 aliphatic heterocycles. The topological polar surface area (TPSA) is 48.1 Å². The molecule has 0 aromatic heterocycles. The molecule has 4 nitrogen and oxygen atoms in total. The summed E-state index contributed by atoms with van der Waals surface area (Å²) in [5, 5.41) is 0. The molecule has 86 valence electrons. The largest absolute Gasteiger partial charge is 0.467 e. The Bertz CT molecular complexity index is 278. The fraction of sp³-hybridized carbons (Fsp3) is 0.909. The minimum absolute atomic E-state index is 0.213. The summed E-state index contributed by atoms with van der Waals surface area (Å²) in [6.45, 7) is 1.82. The maximum atomic E-state index is 11.6. The van der Waals surface area contributed by atoms with E-state index in [4.69, 9.17) is 14.2 Å². The summed E-state index contributed by atoms with van der Waals surface area (Å²) in [7, 11) is 3.11. The van der Waals surface area contributed by atoms with E-state index in [-0.39, 0.29) is 17.7 Å². The van der Waals surface area contributed by atoms with Crippen LogP contribution in [0.3, 0.4) is 0 Å². The molecule has 0 aromatic rings. The lowest BCUT2D eigenvalue weighted by atomic mass is 9.79.